The molecule has 1 saturated carbocycles. The molecule has 2 aliphatic rings. The van der Waals surface area contributed by atoms with E-state index in [1.165, 1.54) is 13.0 Å². The third-order valence-electron chi connectivity index (χ3n) is 5.05. The summed E-state index contributed by atoms with van der Waals surface area (Å²) in [6.07, 6.45) is 6.43. The predicted molar refractivity (Wildman–Crippen MR) is 82.4 cm³/mol. The summed E-state index contributed by atoms with van der Waals surface area (Å²) in [5, 5.41) is 3.28. The van der Waals surface area contributed by atoms with Crippen molar-refractivity contribution >= 4 is 5.91 Å². The summed E-state index contributed by atoms with van der Waals surface area (Å²) in [6.45, 7) is 7.85. The minimum absolute atomic E-state index is 0.132. The lowest BCUT2D eigenvalue weighted by Gasteiger charge is -2.35. The molecule has 1 aliphatic heterocycles. The maximum absolute atomic E-state index is 12.4. The molecule has 3 atom stereocenters. The molecule has 0 spiro atoms. The molecule has 0 aromatic heterocycles. The first kappa shape index (κ1) is 15.8. The van der Waals surface area contributed by atoms with Crippen LogP contribution in [0.4, 0.5) is 0 Å². The van der Waals surface area contributed by atoms with Crippen LogP contribution in [0, 0.1) is 11.8 Å². The molecule has 2 fully saturated rings. The van der Waals surface area contributed by atoms with Crippen molar-refractivity contribution in [2.75, 3.05) is 19.6 Å². The highest BCUT2D eigenvalue weighted by atomic mass is 16.2. The van der Waals surface area contributed by atoms with Gasteiger partial charge in [0.25, 0.3) is 0 Å². The van der Waals surface area contributed by atoms with Crippen LogP contribution in [0.3, 0.4) is 0 Å². The first-order chi connectivity index (χ1) is 9.60. The monoisotopic (exact) mass is 281 g/mol. The summed E-state index contributed by atoms with van der Waals surface area (Å²) in [4.78, 5) is 15.0. The van der Waals surface area contributed by atoms with Crippen LogP contribution in [-0.4, -0.2) is 42.5 Å². The molecule has 1 aliphatic carbocycles. The molecule has 3 N–H and O–H groups in total. The Bertz CT molecular complexity index is 313. The van der Waals surface area contributed by atoms with Gasteiger partial charge in [-0.3, -0.25) is 4.79 Å². The van der Waals surface area contributed by atoms with E-state index in [4.69, 9.17) is 5.73 Å². The van der Waals surface area contributed by atoms with Crippen molar-refractivity contribution in [1.82, 2.24) is 10.2 Å². The van der Waals surface area contributed by atoms with E-state index < -0.39 is 0 Å². The Morgan fingerprint density at radius 3 is 2.60 bits per heavy atom. The molecular weight excluding hydrogens is 250 g/mol. The summed E-state index contributed by atoms with van der Waals surface area (Å²) < 4.78 is 0. The lowest BCUT2D eigenvalue weighted by atomic mass is 9.77. The third kappa shape index (κ3) is 4.19. The van der Waals surface area contributed by atoms with E-state index in [-0.39, 0.29) is 17.9 Å². The van der Waals surface area contributed by atoms with Gasteiger partial charge in [0.05, 0.1) is 0 Å². The SMILES string of the molecule is CCCN1CCC(NC(=O)C2CC(N)CCC2C)CC1. The summed E-state index contributed by atoms with van der Waals surface area (Å²) in [7, 11) is 0. The van der Waals surface area contributed by atoms with Crippen molar-refractivity contribution in [1.29, 1.82) is 0 Å². The van der Waals surface area contributed by atoms with E-state index in [0.717, 1.165) is 45.2 Å². The van der Waals surface area contributed by atoms with Crippen LogP contribution in [0.15, 0.2) is 0 Å². The normalized spacial score (nSPS) is 33.0. The van der Waals surface area contributed by atoms with Gasteiger partial charge in [-0.05, 0) is 51.0 Å². The molecule has 4 heteroatoms. The number of amides is 1. The number of hydrogen-bond donors (Lipinski definition) is 2. The zero-order chi connectivity index (χ0) is 14.5. The molecular formula is C16H31N3O. The van der Waals surface area contributed by atoms with Crippen LogP contribution in [0.25, 0.3) is 0 Å². The Kier molecular flexibility index (Phi) is 5.85. The lowest BCUT2D eigenvalue weighted by Crippen LogP contribution is -2.49. The summed E-state index contributed by atoms with van der Waals surface area (Å²) in [6, 6.07) is 0.592. The Balaban J connectivity index is 1.77. The first-order valence-electron chi connectivity index (χ1n) is 8.38. The number of likely N-dealkylation sites (tertiary alicyclic amines) is 1. The minimum atomic E-state index is 0.132. The van der Waals surface area contributed by atoms with Crippen molar-refractivity contribution in [3.05, 3.63) is 0 Å². The largest absolute Gasteiger partial charge is 0.353 e. The number of nitrogens with two attached hydrogens (primary N) is 1. The molecule has 116 valence electrons. The quantitative estimate of drug-likeness (QED) is 0.825. The van der Waals surface area contributed by atoms with Crippen molar-refractivity contribution in [3.8, 4) is 0 Å². The van der Waals surface area contributed by atoms with Gasteiger partial charge in [-0.1, -0.05) is 13.8 Å². The number of hydrogen-bond acceptors (Lipinski definition) is 3. The van der Waals surface area contributed by atoms with Crippen LogP contribution in [-0.2, 0) is 4.79 Å². The van der Waals surface area contributed by atoms with Gasteiger partial charge < -0.3 is 16.0 Å². The molecule has 2 rings (SSSR count). The Hall–Kier alpha value is -0.610. The third-order valence-corrected chi connectivity index (χ3v) is 5.05. The minimum Gasteiger partial charge on any atom is -0.353 e. The van der Waals surface area contributed by atoms with Crippen LogP contribution >= 0.6 is 0 Å². The molecule has 1 amide bonds. The van der Waals surface area contributed by atoms with Crippen LogP contribution in [0.5, 0.6) is 0 Å². The van der Waals surface area contributed by atoms with Gasteiger partial charge in [0.2, 0.25) is 5.91 Å². The van der Waals surface area contributed by atoms with Crippen molar-refractivity contribution in [2.24, 2.45) is 17.6 Å². The molecule has 3 unspecified atom stereocenters. The molecule has 1 saturated heterocycles. The van der Waals surface area contributed by atoms with Gasteiger partial charge in [-0.25, -0.2) is 0 Å². The topological polar surface area (TPSA) is 58.4 Å². The molecule has 20 heavy (non-hydrogen) atoms. The molecule has 4 nitrogen and oxygen atoms in total. The van der Waals surface area contributed by atoms with Gasteiger partial charge >= 0.3 is 0 Å². The summed E-state index contributed by atoms with van der Waals surface area (Å²) >= 11 is 0. The molecule has 0 radical (unpaired) electrons. The smallest absolute Gasteiger partial charge is 0.223 e. The van der Waals surface area contributed by atoms with E-state index >= 15 is 0 Å². The second-order valence-electron chi connectivity index (χ2n) is 6.78. The Labute approximate surface area is 123 Å². The fourth-order valence-electron chi connectivity index (χ4n) is 3.65. The van der Waals surface area contributed by atoms with Gasteiger partial charge in [-0.2, -0.15) is 0 Å². The maximum Gasteiger partial charge on any atom is 0.223 e. The van der Waals surface area contributed by atoms with E-state index in [1.54, 1.807) is 0 Å². The standard InChI is InChI=1S/C16H31N3O/c1-3-8-19-9-6-14(7-10-19)18-16(20)15-11-13(17)5-4-12(15)2/h12-15H,3-11,17H2,1-2H3,(H,18,20). The van der Waals surface area contributed by atoms with Crippen molar-refractivity contribution in [3.63, 3.8) is 0 Å². The Morgan fingerprint density at radius 1 is 1.25 bits per heavy atom. The van der Waals surface area contributed by atoms with Crippen LogP contribution in [0.1, 0.15) is 52.4 Å². The van der Waals surface area contributed by atoms with E-state index in [9.17, 15) is 4.79 Å². The van der Waals surface area contributed by atoms with Crippen molar-refractivity contribution in [2.45, 2.75) is 64.5 Å². The molecule has 0 aromatic rings. The summed E-state index contributed by atoms with van der Waals surface area (Å²) in [5.74, 6) is 0.865. The van der Waals surface area contributed by atoms with Gasteiger partial charge in [0.1, 0.15) is 0 Å². The van der Waals surface area contributed by atoms with E-state index in [1.807, 2.05) is 0 Å². The second kappa shape index (κ2) is 7.41. The van der Waals surface area contributed by atoms with Gasteiger partial charge in [-0.15, -0.1) is 0 Å². The van der Waals surface area contributed by atoms with Crippen LogP contribution < -0.4 is 11.1 Å². The number of piperidine rings is 1. The highest BCUT2D eigenvalue weighted by molar-refractivity contribution is 5.79. The van der Waals surface area contributed by atoms with E-state index in [2.05, 4.69) is 24.1 Å². The highest BCUT2D eigenvalue weighted by Crippen LogP contribution is 2.29. The average molecular weight is 281 g/mol. The second-order valence-corrected chi connectivity index (χ2v) is 6.78. The number of nitrogens with zero attached hydrogens (tertiary/aromatic N) is 1. The number of carbonyl (C=O) groups excluding carboxylic acids is 1. The maximum atomic E-state index is 12.4. The predicted octanol–water partition coefficient (Wildman–Crippen LogP) is 1.74. The fraction of sp³-hybridized carbons (Fsp3) is 0.938. The lowest BCUT2D eigenvalue weighted by molar-refractivity contribution is -0.128. The average Bonchev–Trinajstić information content (AvgIpc) is 2.44. The van der Waals surface area contributed by atoms with Gasteiger partial charge in [0, 0.05) is 31.1 Å². The Morgan fingerprint density at radius 2 is 1.95 bits per heavy atom. The van der Waals surface area contributed by atoms with Gasteiger partial charge in [0.15, 0.2) is 0 Å². The van der Waals surface area contributed by atoms with Crippen molar-refractivity contribution < 1.29 is 4.79 Å². The fourth-order valence-corrected chi connectivity index (χ4v) is 3.65. The van der Waals surface area contributed by atoms with Crippen LogP contribution in [0.2, 0.25) is 0 Å². The first-order valence-corrected chi connectivity index (χ1v) is 8.38. The zero-order valence-corrected chi connectivity index (χ0v) is 13.1. The molecule has 1 heterocycles. The molecule has 0 bridgehead atoms. The summed E-state index contributed by atoms with van der Waals surface area (Å²) in [5.41, 5.74) is 6.02. The highest BCUT2D eigenvalue weighted by Gasteiger charge is 2.32. The zero-order valence-electron chi connectivity index (χ0n) is 13.1. The molecule has 0 aromatic carbocycles. The number of rotatable bonds is 4. The number of nitrogens with one attached hydrogen (secondary N) is 1. The van der Waals surface area contributed by atoms with E-state index in [0.29, 0.717) is 12.0 Å². The number of carbonyl (C=O) groups is 1.